The molecule has 20 heavy (non-hydrogen) atoms. The van der Waals surface area contributed by atoms with Gasteiger partial charge in [0.15, 0.2) is 0 Å². The van der Waals surface area contributed by atoms with Crippen LogP contribution in [0.2, 0.25) is 0 Å². The van der Waals surface area contributed by atoms with Crippen molar-refractivity contribution in [1.29, 1.82) is 0 Å². The zero-order chi connectivity index (χ0) is 14.6. The number of aromatic nitrogens is 2. The highest BCUT2D eigenvalue weighted by molar-refractivity contribution is 7.89. The van der Waals surface area contributed by atoms with E-state index in [9.17, 15) is 8.42 Å². The Morgan fingerprint density at radius 3 is 2.70 bits per heavy atom. The summed E-state index contributed by atoms with van der Waals surface area (Å²) in [4.78, 5) is 7.92. The standard InChI is InChI=1S/C12H15N5O2S/c1-9(10-4-2-3-6-15-10)17-20(18,19)12-8-14-7-5-11(12)16-13/h2-9,17H,13H2,1H3,(H,14,16). The molecule has 0 aromatic carbocycles. The van der Waals surface area contributed by atoms with Crippen molar-refractivity contribution in [2.24, 2.45) is 5.84 Å². The molecule has 0 saturated carbocycles. The lowest BCUT2D eigenvalue weighted by Crippen LogP contribution is -2.28. The fraction of sp³-hybridized carbons (Fsp3) is 0.167. The number of hydrogen-bond donors (Lipinski definition) is 3. The number of pyridine rings is 2. The van der Waals surface area contributed by atoms with Gasteiger partial charge in [0.25, 0.3) is 0 Å². The van der Waals surface area contributed by atoms with Crippen molar-refractivity contribution >= 4 is 15.7 Å². The van der Waals surface area contributed by atoms with E-state index in [-0.39, 0.29) is 10.6 Å². The number of nitrogens with zero attached hydrogens (tertiary/aromatic N) is 2. The molecule has 0 aliphatic heterocycles. The molecule has 8 heteroatoms. The van der Waals surface area contributed by atoms with Crippen LogP contribution in [0.15, 0.2) is 47.8 Å². The number of rotatable bonds is 5. The largest absolute Gasteiger partial charge is 0.323 e. The lowest BCUT2D eigenvalue weighted by molar-refractivity contribution is 0.564. The van der Waals surface area contributed by atoms with Crippen molar-refractivity contribution in [1.82, 2.24) is 14.7 Å². The summed E-state index contributed by atoms with van der Waals surface area (Å²) in [5.74, 6) is 5.31. The zero-order valence-corrected chi connectivity index (χ0v) is 11.6. The average Bonchev–Trinajstić information content (AvgIpc) is 2.47. The lowest BCUT2D eigenvalue weighted by Gasteiger charge is -2.15. The molecule has 0 spiro atoms. The molecule has 1 unspecified atom stereocenters. The van der Waals surface area contributed by atoms with E-state index in [4.69, 9.17) is 5.84 Å². The maximum Gasteiger partial charge on any atom is 0.244 e. The molecule has 0 fully saturated rings. The van der Waals surface area contributed by atoms with Gasteiger partial charge in [-0.2, -0.15) is 0 Å². The Labute approximate surface area is 117 Å². The zero-order valence-electron chi connectivity index (χ0n) is 10.8. The molecule has 2 aromatic rings. The second kappa shape index (κ2) is 5.95. The van der Waals surface area contributed by atoms with E-state index in [0.29, 0.717) is 5.69 Å². The van der Waals surface area contributed by atoms with Gasteiger partial charge in [-0.3, -0.25) is 15.8 Å². The molecular formula is C12H15N5O2S. The maximum atomic E-state index is 12.3. The summed E-state index contributed by atoms with van der Waals surface area (Å²) in [6, 6.07) is 6.33. The summed E-state index contributed by atoms with van der Waals surface area (Å²) >= 11 is 0. The topological polar surface area (TPSA) is 110 Å². The van der Waals surface area contributed by atoms with E-state index >= 15 is 0 Å². The Bertz CT molecular complexity index is 675. The summed E-state index contributed by atoms with van der Waals surface area (Å²) in [6.45, 7) is 1.71. The minimum Gasteiger partial charge on any atom is -0.323 e. The molecule has 0 saturated heterocycles. The summed E-state index contributed by atoms with van der Waals surface area (Å²) in [5, 5.41) is 0. The molecule has 2 rings (SSSR count). The van der Waals surface area contributed by atoms with Crippen molar-refractivity contribution in [3.05, 3.63) is 48.5 Å². The van der Waals surface area contributed by atoms with Gasteiger partial charge < -0.3 is 5.43 Å². The predicted molar refractivity (Wildman–Crippen MR) is 75.0 cm³/mol. The van der Waals surface area contributed by atoms with E-state index < -0.39 is 16.1 Å². The van der Waals surface area contributed by atoms with E-state index in [1.807, 2.05) is 0 Å². The highest BCUT2D eigenvalue weighted by atomic mass is 32.2. The van der Waals surface area contributed by atoms with Gasteiger partial charge in [-0.05, 0) is 25.1 Å². The van der Waals surface area contributed by atoms with Crippen LogP contribution in [0.5, 0.6) is 0 Å². The smallest absolute Gasteiger partial charge is 0.244 e. The first-order valence-corrected chi connectivity index (χ1v) is 7.37. The monoisotopic (exact) mass is 293 g/mol. The van der Waals surface area contributed by atoms with E-state index in [0.717, 1.165) is 0 Å². The summed E-state index contributed by atoms with van der Waals surface area (Å²) < 4.78 is 27.2. The van der Waals surface area contributed by atoms with Gasteiger partial charge in [0, 0.05) is 18.6 Å². The SMILES string of the molecule is CC(NS(=O)(=O)c1cnccc1NN)c1ccccn1. The van der Waals surface area contributed by atoms with Crippen molar-refractivity contribution in [2.75, 3.05) is 5.43 Å². The van der Waals surface area contributed by atoms with E-state index in [1.54, 1.807) is 31.3 Å². The van der Waals surface area contributed by atoms with Crippen molar-refractivity contribution in [3.8, 4) is 0 Å². The van der Waals surface area contributed by atoms with Crippen LogP contribution < -0.4 is 16.0 Å². The Hall–Kier alpha value is -2.03. The van der Waals surface area contributed by atoms with Gasteiger partial charge in [0.2, 0.25) is 10.0 Å². The predicted octanol–water partition coefficient (Wildman–Crippen LogP) is 0.802. The molecule has 2 aromatic heterocycles. The second-order valence-electron chi connectivity index (χ2n) is 4.11. The molecule has 2 heterocycles. The molecule has 1 atom stereocenters. The van der Waals surface area contributed by atoms with Crippen LogP contribution in [0.4, 0.5) is 5.69 Å². The molecular weight excluding hydrogens is 278 g/mol. The molecule has 0 aliphatic carbocycles. The van der Waals surface area contributed by atoms with Gasteiger partial charge in [0.05, 0.1) is 17.4 Å². The van der Waals surface area contributed by atoms with Gasteiger partial charge in [-0.15, -0.1) is 0 Å². The Morgan fingerprint density at radius 1 is 1.25 bits per heavy atom. The van der Waals surface area contributed by atoms with Crippen molar-refractivity contribution in [3.63, 3.8) is 0 Å². The minimum atomic E-state index is -3.75. The molecule has 106 valence electrons. The van der Waals surface area contributed by atoms with Crippen LogP contribution in [0.3, 0.4) is 0 Å². The van der Waals surface area contributed by atoms with Crippen LogP contribution in [-0.4, -0.2) is 18.4 Å². The van der Waals surface area contributed by atoms with Crippen molar-refractivity contribution in [2.45, 2.75) is 17.9 Å². The van der Waals surface area contributed by atoms with Crippen LogP contribution >= 0.6 is 0 Å². The third kappa shape index (κ3) is 3.10. The molecule has 0 amide bonds. The normalized spacial score (nSPS) is 12.9. The summed E-state index contributed by atoms with van der Waals surface area (Å²) in [5.41, 5.74) is 3.25. The van der Waals surface area contributed by atoms with Crippen LogP contribution in [0.25, 0.3) is 0 Å². The number of nitrogens with two attached hydrogens (primary N) is 1. The number of nitrogen functional groups attached to an aromatic ring is 1. The van der Waals surface area contributed by atoms with Gasteiger partial charge in [-0.1, -0.05) is 6.07 Å². The third-order valence-corrected chi connectivity index (χ3v) is 4.26. The Morgan fingerprint density at radius 2 is 2.05 bits per heavy atom. The Kier molecular flexibility index (Phi) is 4.28. The minimum absolute atomic E-state index is 0.00900. The molecule has 0 aliphatic rings. The van der Waals surface area contributed by atoms with Crippen LogP contribution in [0, 0.1) is 0 Å². The average molecular weight is 293 g/mol. The number of hydrogen-bond acceptors (Lipinski definition) is 6. The van der Waals surface area contributed by atoms with Gasteiger partial charge in [0.1, 0.15) is 4.90 Å². The number of nitrogens with one attached hydrogen (secondary N) is 2. The number of anilines is 1. The highest BCUT2D eigenvalue weighted by Crippen LogP contribution is 2.20. The summed E-state index contributed by atoms with van der Waals surface area (Å²) in [7, 11) is -3.75. The molecule has 0 bridgehead atoms. The van der Waals surface area contributed by atoms with E-state index in [2.05, 4.69) is 20.1 Å². The fourth-order valence-electron chi connectivity index (χ4n) is 1.70. The highest BCUT2D eigenvalue weighted by Gasteiger charge is 2.22. The quantitative estimate of drug-likeness (QED) is 0.555. The second-order valence-corrected chi connectivity index (χ2v) is 5.80. The summed E-state index contributed by atoms with van der Waals surface area (Å²) in [6.07, 6.45) is 4.30. The molecule has 7 nitrogen and oxygen atoms in total. The molecule has 4 N–H and O–H groups in total. The van der Waals surface area contributed by atoms with Gasteiger partial charge >= 0.3 is 0 Å². The maximum absolute atomic E-state index is 12.3. The molecule has 0 radical (unpaired) electrons. The Balaban J connectivity index is 2.28. The lowest BCUT2D eigenvalue weighted by atomic mass is 10.2. The van der Waals surface area contributed by atoms with Crippen molar-refractivity contribution < 1.29 is 8.42 Å². The van der Waals surface area contributed by atoms with Crippen LogP contribution in [-0.2, 0) is 10.0 Å². The van der Waals surface area contributed by atoms with Gasteiger partial charge in [-0.25, -0.2) is 13.1 Å². The van der Waals surface area contributed by atoms with Crippen LogP contribution in [0.1, 0.15) is 18.7 Å². The van der Waals surface area contributed by atoms with E-state index in [1.165, 1.54) is 18.5 Å². The fourth-order valence-corrected chi connectivity index (χ4v) is 3.03. The number of hydrazine groups is 1. The third-order valence-electron chi connectivity index (χ3n) is 2.69. The first-order chi connectivity index (χ1) is 9.54. The first kappa shape index (κ1) is 14.4. The first-order valence-electron chi connectivity index (χ1n) is 5.88. The number of sulfonamides is 1.